The molecule has 0 fully saturated rings. The lowest BCUT2D eigenvalue weighted by Gasteiger charge is -2.10. The summed E-state index contributed by atoms with van der Waals surface area (Å²) in [6.07, 6.45) is 5.12. The molecule has 1 N–H and O–H groups in total. The van der Waals surface area contributed by atoms with E-state index in [1.54, 1.807) is 18.7 Å². The lowest BCUT2D eigenvalue weighted by molar-refractivity contribution is 0.852. The van der Waals surface area contributed by atoms with Gasteiger partial charge in [0.15, 0.2) is 5.65 Å². The molecule has 0 saturated heterocycles. The fraction of sp³-hybridized carbons (Fsp3) is 0.125. The maximum atomic E-state index is 4.38. The predicted molar refractivity (Wildman–Crippen MR) is 84.6 cm³/mol. The molecule has 4 aromatic rings. The molecule has 108 valence electrons. The van der Waals surface area contributed by atoms with Gasteiger partial charge in [0.1, 0.15) is 12.1 Å². The van der Waals surface area contributed by atoms with Crippen molar-refractivity contribution in [1.82, 2.24) is 24.6 Å². The monoisotopic (exact) mass is 290 g/mol. The zero-order valence-corrected chi connectivity index (χ0v) is 12.1. The fourth-order valence-corrected chi connectivity index (χ4v) is 2.61. The second-order valence-corrected chi connectivity index (χ2v) is 5.08. The van der Waals surface area contributed by atoms with Crippen molar-refractivity contribution in [2.24, 2.45) is 0 Å². The molecule has 0 amide bonds. The molecular formula is C16H14N6. The number of hydrogen-bond donors (Lipinski definition) is 1. The van der Waals surface area contributed by atoms with Gasteiger partial charge in [0.2, 0.25) is 0 Å². The molecule has 6 nitrogen and oxygen atoms in total. The minimum atomic E-state index is 0.612. The number of aryl methyl sites for hydroxylation is 1. The molecule has 3 aromatic heterocycles. The van der Waals surface area contributed by atoms with E-state index in [9.17, 15) is 0 Å². The zero-order valence-electron chi connectivity index (χ0n) is 12.1. The summed E-state index contributed by atoms with van der Waals surface area (Å²) in [5.41, 5.74) is 3.95. The smallest absolute Gasteiger partial charge is 0.155 e. The van der Waals surface area contributed by atoms with E-state index in [2.05, 4.69) is 38.4 Å². The van der Waals surface area contributed by atoms with Crippen LogP contribution >= 0.6 is 0 Å². The summed E-state index contributed by atoms with van der Waals surface area (Å²) in [5, 5.41) is 8.73. The Morgan fingerprint density at radius 3 is 2.95 bits per heavy atom. The first-order valence-electron chi connectivity index (χ1n) is 7.05. The standard InChI is InChI=1S/C16H14N6/c1-11-3-2-4-13-15(11)16(20-10-19-13)18-9-12-5-7-17-14-6-8-21-22(12)14/h2-8,10H,9H2,1H3,(H,18,19,20). The molecular weight excluding hydrogens is 276 g/mol. The average Bonchev–Trinajstić information content (AvgIpc) is 3.02. The number of aromatic nitrogens is 5. The summed E-state index contributed by atoms with van der Waals surface area (Å²) >= 11 is 0. The first-order chi connectivity index (χ1) is 10.8. The normalized spacial score (nSPS) is 11.1. The summed E-state index contributed by atoms with van der Waals surface area (Å²) < 4.78 is 1.82. The quantitative estimate of drug-likeness (QED) is 0.628. The Morgan fingerprint density at radius 1 is 1.05 bits per heavy atom. The SMILES string of the molecule is Cc1cccc2ncnc(NCc3ccnc4ccnn34)c12. The van der Waals surface area contributed by atoms with Gasteiger partial charge in [-0.05, 0) is 24.6 Å². The van der Waals surface area contributed by atoms with Crippen LogP contribution < -0.4 is 5.32 Å². The Morgan fingerprint density at radius 2 is 2.00 bits per heavy atom. The van der Waals surface area contributed by atoms with Crippen LogP contribution in [-0.4, -0.2) is 24.6 Å². The molecule has 0 radical (unpaired) electrons. The van der Waals surface area contributed by atoms with Crippen LogP contribution in [0.5, 0.6) is 0 Å². The minimum Gasteiger partial charge on any atom is -0.364 e. The number of rotatable bonds is 3. The molecule has 0 aliphatic carbocycles. The van der Waals surface area contributed by atoms with Crippen molar-refractivity contribution in [3.63, 3.8) is 0 Å². The highest BCUT2D eigenvalue weighted by Crippen LogP contribution is 2.23. The van der Waals surface area contributed by atoms with Crippen molar-refractivity contribution < 1.29 is 0 Å². The number of nitrogens with one attached hydrogen (secondary N) is 1. The van der Waals surface area contributed by atoms with Crippen LogP contribution in [0.4, 0.5) is 5.82 Å². The highest BCUT2D eigenvalue weighted by atomic mass is 15.3. The summed E-state index contributed by atoms with van der Waals surface area (Å²) in [6, 6.07) is 9.89. The summed E-state index contributed by atoms with van der Waals surface area (Å²) in [5.74, 6) is 0.834. The van der Waals surface area contributed by atoms with Crippen LogP contribution in [0, 0.1) is 6.92 Å². The summed E-state index contributed by atoms with van der Waals surface area (Å²) in [6.45, 7) is 2.68. The second kappa shape index (κ2) is 5.07. The zero-order chi connectivity index (χ0) is 14.9. The molecule has 0 spiro atoms. The molecule has 0 atom stereocenters. The Balaban J connectivity index is 1.71. The van der Waals surface area contributed by atoms with E-state index in [1.807, 2.05) is 28.8 Å². The number of benzene rings is 1. The van der Waals surface area contributed by atoms with Gasteiger partial charge in [0.25, 0.3) is 0 Å². The van der Waals surface area contributed by atoms with Gasteiger partial charge in [0, 0.05) is 17.6 Å². The number of fused-ring (bicyclic) bond motifs is 2. The maximum Gasteiger partial charge on any atom is 0.155 e. The lowest BCUT2D eigenvalue weighted by Crippen LogP contribution is -2.08. The molecule has 0 aliphatic rings. The molecule has 0 unspecified atom stereocenters. The molecule has 1 aromatic carbocycles. The highest BCUT2D eigenvalue weighted by molar-refractivity contribution is 5.91. The molecule has 0 aliphatic heterocycles. The van der Waals surface area contributed by atoms with Gasteiger partial charge >= 0.3 is 0 Å². The second-order valence-electron chi connectivity index (χ2n) is 5.08. The Hall–Kier alpha value is -3.02. The van der Waals surface area contributed by atoms with Crippen molar-refractivity contribution in [2.45, 2.75) is 13.5 Å². The molecule has 22 heavy (non-hydrogen) atoms. The van der Waals surface area contributed by atoms with E-state index in [-0.39, 0.29) is 0 Å². The first-order valence-corrected chi connectivity index (χ1v) is 7.05. The molecule has 4 rings (SSSR count). The van der Waals surface area contributed by atoms with E-state index in [0.29, 0.717) is 6.54 Å². The molecule has 0 bridgehead atoms. The molecule has 3 heterocycles. The Bertz CT molecular complexity index is 954. The van der Waals surface area contributed by atoms with Gasteiger partial charge in [-0.2, -0.15) is 5.10 Å². The fourth-order valence-electron chi connectivity index (χ4n) is 2.61. The van der Waals surface area contributed by atoms with Gasteiger partial charge in [-0.3, -0.25) is 0 Å². The Labute approximate surface area is 126 Å². The Kier molecular flexibility index (Phi) is 2.93. The maximum absolute atomic E-state index is 4.38. The third kappa shape index (κ3) is 2.05. The van der Waals surface area contributed by atoms with Gasteiger partial charge in [-0.15, -0.1) is 0 Å². The van der Waals surface area contributed by atoms with E-state index in [0.717, 1.165) is 33.6 Å². The van der Waals surface area contributed by atoms with Crippen molar-refractivity contribution >= 4 is 22.4 Å². The summed E-state index contributed by atoms with van der Waals surface area (Å²) in [7, 11) is 0. The van der Waals surface area contributed by atoms with Gasteiger partial charge in [-0.25, -0.2) is 19.5 Å². The number of anilines is 1. The molecule has 6 heteroatoms. The minimum absolute atomic E-state index is 0.612. The first kappa shape index (κ1) is 12.7. The summed E-state index contributed by atoms with van der Waals surface area (Å²) in [4.78, 5) is 13.0. The van der Waals surface area contributed by atoms with Crippen LogP contribution in [0.2, 0.25) is 0 Å². The number of hydrogen-bond acceptors (Lipinski definition) is 5. The van der Waals surface area contributed by atoms with Gasteiger partial charge in [-0.1, -0.05) is 12.1 Å². The van der Waals surface area contributed by atoms with Crippen LogP contribution in [0.3, 0.4) is 0 Å². The van der Waals surface area contributed by atoms with Crippen molar-refractivity contribution in [3.8, 4) is 0 Å². The lowest BCUT2D eigenvalue weighted by atomic mass is 10.1. The van der Waals surface area contributed by atoms with Crippen molar-refractivity contribution in [3.05, 3.63) is 60.3 Å². The van der Waals surface area contributed by atoms with E-state index in [1.165, 1.54) is 0 Å². The topological polar surface area (TPSA) is 68.0 Å². The number of nitrogens with zero attached hydrogens (tertiary/aromatic N) is 5. The van der Waals surface area contributed by atoms with Crippen LogP contribution in [-0.2, 0) is 6.54 Å². The van der Waals surface area contributed by atoms with E-state index < -0.39 is 0 Å². The van der Waals surface area contributed by atoms with Gasteiger partial charge in [0.05, 0.1) is 24.0 Å². The van der Waals surface area contributed by atoms with Gasteiger partial charge < -0.3 is 5.32 Å². The van der Waals surface area contributed by atoms with E-state index in [4.69, 9.17) is 0 Å². The average molecular weight is 290 g/mol. The van der Waals surface area contributed by atoms with Crippen LogP contribution in [0.1, 0.15) is 11.3 Å². The van der Waals surface area contributed by atoms with Crippen molar-refractivity contribution in [1.29, 1.82) is 0 Å². The van der Waals surface area contributed by atoms with Crippen molar-refractivity contribution in [2.75, 3.05) is 5.32 Å². The van der Waals surface area contributed by atoms with E-state index >= 15 is 0 Å². The highest BCUT2D eigenvalue weighted by Gasteiger charge is 2.07. The third-order valence-electron chi connectivity index (χ3n) is 3.68. The molecule has 0 saturated carbocycles. The van der Waals surface area contributed by atoms with Crippen LogP contribution in [0.15, 0.2) is 49.1 Å². The predicted octanol–water partition coefficient (Wildman–Crippen LogP) is 2.59. The van der Waals surface area contributed by atoms with Crippen LogP contribution in [0.25, 0.3) is 16.6 Å². The third-order valence-corrected chi connectivity index (χ3v) is 3.68. The largest absolute Gasteiger partial charge is 0.364 e.